The van der Waals surface area contributed by atoms with Crippen molar-refractivity contribution < 1.29 is 4.52 Å². The topological polar surface area (TPSA) is 38.9 Å². The highest BCUT2D eigenvalue weighted by Crippen LogP contribution is 2.17. The summed E-state index contributed by atoms with van der Waals surface area (Å²) >= 11 is 5.85. The van der Waals surface area contributed by atoms with E-state index in [2.05, 4.69) is 10.1 Å². The Hall–Kier alpha value is -2.13. The van der Waals surface area contributed by atoms with E-state index in [4.69, 9.17) is 16.1 Å². The van der Waals surface area contributed by atoms with Crippen molar-refractivity contribution in [3.8, 4) is 11.4 Å². The van der Waals surface area contributed by atoms with Crippen LogP contribution in [0.3, 0.4) is 0 Å². The summed E-state index contributed by atoms with van der Waals surface area (Å²) in [5.41, 5.74) is 2.04. The number of aromatic nitrogens is 2. The highest BCUT2D eigenvalue weighted by atomic mass is 35.5. The molecule has 0 bridgehead atoms. The van der Waals surface area contributed by atoms with E-state index in [-0.39, 0.29) is 0 Å². The molecule has 4 heteroatoms. The zero-order valence-corrected chi connectivity index (χ0v) is 10.8. The van der Waals surface area contributed by atoms with Gasteiger partial charge in [0.1, 0.15) is 0 Å². The van der Waals surface area contributed by atoms with E-state index in [1.807, 2.05) is 54.6 Å². The van der Waals surface area contributed by atoms with Gasteiger partial charge in [-0.25, -0.2) is 0 Å². The zero-order valence-electron chi connectivity index (χ0n) is 10.1. The Morgan fingerprint density at radius 2 is 1.68 bits per heavy atom. The van der Waals surface area contributed by atoms with Gasteiger partial charge < -0.3 is 4.52 Å². The molecule has 0 saturated carbocycles. The SMILES string of the molecule is Clc1ccc(Cc2nc(-c3ccccc3)no2)cc1. The summed E-state index contributed by atoms with van der Waals surface area (Å²) in [6.07, 6.45) is 0.608. The molecule has 3 nitrogen and oxygen atoms in total. The van der Waals surface area contributed by atoms with Crippen LogP contribution in [-0.4, -0.2) is 10.1 Å². The van der Waals surface area contributed by atoms with Gasteiger partial charge in [-0.1, -0.05) is 59.2 Å². The first-order valence-electron chi connectivity index (χ1n) is 5.94. The molecule has 0 atom stereocenters. The molecule has 2 aromatic carbocycles. The minimum absolute atomic E-state index is 0.598. The van der Waals surface area contributed by atoms with E-state index in [0.29, 0.717) is 18.1 Å². The fourth-order valence-corrected chi connectivity index (χ4v) is 1.93. The molecule has 94 valence electrons. The van der Waals surface area contributed by atoms with Crippen LogP contribution in [-0.2, 0) is 6.42 Å². The average Bonchev–Trinajstić information content (AvgIpc) is 2.91. The average molecular weight is 271 g/mol. The van der Waals surface area contributed by atoms with Gasteiger partial charge in [0.25, 0.3) is 0 Å². The second kappa shape index (κ2) is 5.24. The maximum atomic E-state index is 5.85. The second-order valence-electron chi connectivity index (χ2n) is 4.18. The lowest BCUT2D eigenvalue weighted by Gasteiger charge is -1.96. The van der Waals surface area contributed by atoms with Gasteiger partial charge in [-0.2, -0.15) is 4.98 Å². The molecular formula is C15H11ClN2O. The molecule has 0 radical (unpaired) electrons. The van der Waals surface area contributed by atoms with E-state index in [1.165, 1.54) is 0 Å². The third-order valence-corrected chi connectivity index (χ3v) is 3.02. The molecule has 3 aromatic rings. The van der Waals surface area contributed by atoms with Gasteiger partial charge in [0.2, 0.25) is 11.7 Å². The van der Waals surface area contributed by atoms with Crippen LogP contribution < -0.4 is 0 Å². The molecule has 1 heterocycles. The molecule has 19 heavy (non-hydrogen) atoms. The van der Waals surface area contributed by atoms with Crippen LogP contribution in [0.4, 0.5) is 0 Å². The molecule has 0 aliphatic carbocycles. The third-order valence-electron chi connectivity index (χ3n) is 2.77. The van der Waals surface area contributed by atoms with Crippen molar-refractivity contribution in [1.29, 1.82) is 0 Å². The van der Waals surface area contributed by atoms with Crippen LogP contribution in [0.25, 0.3) is 11.4 Å². The number of nitrogens with zero attached hydrogens (tertiary/aromatic N) is 2. The highest BCUT2D eigenvalue weighted by molar-refractivity contribution is 6.30. The quantitative estimate of drug-likeness (QED) is 0.722. The lowest BCUT2D eigenvalue weighted by atomic mass is 10.1. The molecule has 1 aromatic heterocycles. The van der Waals surface area contributed by atoms with Crippen LogP contribution in [0.5, 0.6) is 0 Å². The lowest BCUT2D eigenvalue weighted by Crippen LogP contribution is -1.88. The van der Waals surface area contributed by atoms with E-state index in [9.17, 15) is 0 Å². The minimum Gasteiger partial charge on any atom is -0.339 e. The maximum Gasteiger partial charge on any atom is 0.231 e. The van der Waals surface area contributed by atoms with Gasteiger partial charge >= 0.3 is 0 Å². The Morgan fingerprint density at radius 3 is 2.42 bits per heavy atom. The van der Waals surface area contributed by atoms with Crippen LogP contribution in [0, 0.1) is 0 Å². The van der Waals surface area contributed by atoms with Crippen molar-refractivity contribution in [2.45, 2.75) is 6.42 Å². The molecule has 0 spiro atoms. The Kier molecular flexibility index (Phi) is 3.29. The molecule has 0 saturated heterocycles. The molecular weight excluding hydrogens is 260 g/mol. The summed E-state index contributed by atoms with van der Waals surface area (Å²) < 4.78 is 5.26. The first-order valence-corrected chi connectivity index (χ1v) is 6.31. The Bertz CT molecular complexity index is 662. The van der Waals surface area contributed by atoms with Gasteiger partial charge in [-0.3, -0.25) is 0 Å². The van der Waals surface area contributed by atoms with Crippen LogP contribution in [0.2, 0.25) is 5.02 Å². The van der Waals surface area contributed by atoms with Crippen molar-refractivity contribution in [1.82, 2.24) is 10.1 Å². The van der Waals surface area contributed by atoms with Crippen LogP contribution in [0.15, 0.2) is 59.1 Å². The van der Waals surface area contributed by atoms with E-state index in [0.717, 1.165) is 16.1 Å². The van der Waals surface area contributed by atoms with Crippen molar-refractivity contribution in [3.63, 3.8) is 0 Å². The number of halogens is 1. The second-order valence-corrected chi connectivity index (χ2v) is 4.62. The Labute approximate surface area is 115 Å². The van der Waals surface area contributed by atoms with Crippen molar-refractivity contribution >= 4 is 11.6 Å². The third kappa shape index (κ3) is 2.83. The van der Waals surface area contributed by atoms with Crippen molar-refractivity contribution in [2.75, 3.05) is 0 Å². The molecule has 0 fully saturated rings. The minimum atomic E-state index is 0.598. The first-order chi connectivity index (χ1) is 9.31. The van der Waals surface area contributed by atoms with Crippen LogP contribution in [0.1, 0.15) is 11.5 Å². The number of benzene rings is 2. The van der Waals surface area contributed by atoms with Gasteiger partial charge in [-0.05, 0) is 17.7 Å². The number of hydrogen-bond acceptors (Lipinski definition) is 3. The summed E-state index contributed by atoms with van der Waals surface area (Å²) in [6.45, 7) is 0. The van der Waals surface area contributed by atoms with E-state index < -0.39 is 0 Å². The number of rotatable bonds is 3. The summed E-state index contributed by atoms with van der Waals surface area (Å²) in [7, 11) is 0. The Morgan fingerprint density at radius 1 is 0.947 bits per heavy atom. The number of hydrogen-bond donors (Lipinski definition) is 0. The molecule has 0 aliphatic rings. The van der Waals surface area contributed by atoms with Gasteiger partial charge in [0.05, 0.1) is 6.42 Å². The predicted molar refractivity (Wildman–Crippen MR) is 74.0 cm³/mol. The largest absolute Gasteiger partial charge is 0.339 e. The summed E-state index contributed by atoms with van der Waals surface area (Å²) in [4.78, 5) is 4.39. The van der Waals surface area contributed by atoms with Crippen LogP contribution >= 0.6 is 11.6 Å². The van der Waals surface area contributed by atoms with E-state index >= 15 is 0 Å². The first kappa shape index (κ1) is 11.9. The van der Waals surface area contributed by atoms with Crippen molar-refractivity contribution in [2.24, 2.45) is 0 Å². The molecule has 0 unspecified atom stereocenters. The molecule has 3 rings (SSSR count). The standard InChI is InChI=1S/C15H11ClN2O/c16-13-8-6-11(7-9-13)10-14-17-15(18-19-14)12-4-2-1-3-5-12/h1-9H,10H2. The van der Waals surface area contributed by atoms with E-state index in [1.54, 1.807) is 0 Å². The fraction of sp³-hybridized carbons (Fsp3) is 0.0667. The highest BCUT2D eigenvalue weighted by Gasteiger charge is 2.08. The fourth-order valence-electron chi connectivity index (χ4n) is 1.81. The molecule has 0 aliphatic heterocycles. The van der Waals surface area contributed by atoms with Gasteiger partial charge in [0, 0.05) is 10.6 Å². The van der Waals surface area contributed by atoms with Gasteiger partial charge in [-0.15, -0.1) is 0 Å². The molecule has 0 amide bonds. The molecule has 0 N–H and O–H groups in total. The summed E-state index contributed by atoms with van der Waals surface area (Å²) in [5.74, 6) is 1.21. The summed E-state index contributed by atoms with van der Waals surface area (Å²) in [6, 6.07) is 17.4. The Balaban J connectivity index is 1.80. The maximum absolute atomic E-state index is 5.85. The predicted octanol–water partition coefficient (Wildman–Crippen LogP) is 3.98. The zero-order chi connectivity index (χ0) is 13.1. The lowest BCUT2D eigenvalue weighted by molar-refractivity contribution is 0.385. The summed E-state index contributed by atoms with van der Waals surface area (Å²) in [5, 5.41) is 4.71. The van der Waals surface area contributed by atoms with Crippen molar-refractivity contribution in [3.05, 3.63) is 71.1 Å². The van der Waals surface area contributed by atoms with Gasteiger partial charge in [0.15, 0.2) is 0 Å². The smallest absolute Gasteiger partial charge is 0.231 e. The normalized spacial score (nSPS) is 10.6. The monoisotopic (exact) mass is 270 g/mol.